The van der Waals surface area contributed by atoms with E-state index in [1.54, 1.807) is 0 Å². The fourth-order valence-electron chi connectivity index (χ4n) is 3.52. The molecule has 0 aromatic heterocycles. The Bertz CT molecular complexity index is 722. The molecule has 0 aliphatic carbocycles. The average Bonchev–Trinajstić information content (AvgIpc) is 2.77. The molecule has 6 heteroatoms. The number of carbonyl (C=O) groups is 1. The minimum Gasteiger partial charge on any atom is -0.482 e. The molecule has 158 valence electrons. The van der Waals surface area contributed by atoms with Crippen molar-refractivity contribution in [3.63, 3.8) is 0 Å². The summed E-state index contributed by atoms with van der Waals surface area (Å²) in [6, 6.07) is 19.4. The summed E-state index contributed by atoms with van der Waals surface area (Å²) < 4.78 is 17.1. The summed E-state index contributed by atoms with van der Waals surface area (Å²) in [5.74, 6) is 0.311. The summed E-state index contributed by atoms with van der Waals surface area (Å²) in [6.07, 6.45) is 1.45. The number of nitrogens with zero attached hydrogens (tertiary/aromatic N) is 1. The van der Waals surface area contributed by atoms with E-state index in [-0.39, 0.29) is 25.0 Å². The van der Waals surface area contributed by atoms with Crippen LogP contribution in [0.3, 0.4) is 0 Å². The molecule has 1 saturated heterocycles. The number of rotatable bonds is 9. The first-order valence-electron chi connectivity index (χ1n) is 9.97. The number of carbonyl (C=O) groups excluding carboxylic acids is 1. The Morgan fingerprint density at radius 1 is 1.03 bits per heavy atom. The highest BCUT2D eigenvalue weighted by Crippen LogP contribution is 2.34. The molecule has 1 unspecified atom stereocenters. The molecule has 0 spiro atoms. The predicted octanol–water partition coefficient (Wildman–Crippen LogP) is 4.06. The number of morpholine rings is 1. The maximum Gasteiger partial charge on any atom is 0.345 e. The molecular weight excluding hydrogens is 390 g/mol. The van der Waals surface area contributed by atoms with Gasteiger partial charge in [0.25, 0.3) is 0 Å². The van der Waals surface area contributed by atoms with Gasteiger partial charge in [-0.25, -0.2) is 4.79 Å². The van der Waals surface area contributed by atoms with Crippen LogP contribution in [0.25, 0.3) is 0 Å². The molecular formula is C23H30ClNO4. The molecule has 0 saturated carbocycles. The van der Waals surface area contributed by atoms with Crippen LogP contribution in [0, 0.1) is 0 Å². The topological polar surface area (TPSA) is 48.0 Å². The number of esters is 1. The third-order valence-electron chi connectivity index (χ3n) is 5.22. The monoisotopic (exact) mass is 419 g/mol. The van der Waals surface area contributed by atoms with Gasteiger partial charge in [-0.1, -0.05) is 55.5 Å². The van der Waals surface area contributed by atoms with E-state index < -0.39 is 5.60 Å². The van der Waals surface area contributed by atoms with Crippen LogP contribution < -0.4 is 4.74 Å². The van der Waals surface area contributed by atoms with Crippen LogP contribution in [0.4, 0.5) is 0 Å². The third kappa shape index (κ3) is 6.74. The second kappa shape index (κ2) is 11.8. The molecule has 1 atom stereocenters. The smallest absolute Gasteiger partial charge is 0.345 e. The Hall–Kier alpha value is -2.08. The summed E-state index contributed by atoms with van der Waals surface area (Å²) >= 11 is 0. The van der Waals surface area contributed by atoms with Crippen molar-refractivity contribution in [2.75, 3.05) is 39.5 Å². The molecule has 5 nitrogen and oxygen atoms in total. The number of benzene rings is 2. The average molecular weight is 420 g/mol. The minimum atomic E-state index is -0.656. The van der Waals surface area contributed by atoms with Crippen molar-refractivity contribution in [3.05, 3.63) is 66.2 Å². The molecule has 3 rings (SSSR count). The second-order valence-corrected chi connectivity index (χ2v) is 6.99. The van der Waals surface area contributed by atoms with Gasteiger partial charge in [0.15, 0.2) is 6.61 Å². The second-order valence-electron chi connectivity index (χ2n) is 6.99. The largest absolute Gasteiger partial charge is 0.482 e. The minimum absolute atomic E-state index is 0. The van der Waals surface area contributed by atoms with Crippen LogP contribution in [0.1, 0.15) is 25.3 Å². The van der Waals surface area contributed by atoms with E-state index in [0.29, 0.717) is 12.2 Å². The van der Waals surface area contributed by atoms with Crippen molar-refractivity contribution in [2.45, 2.75) is 25.4 Å². The standard InChI is InChI=1S/C23H29NO4.ClH/c1-2-23(20-9-5-3-6-10-20,13-14-24-15-17-26-18-16-24)28-22(25)19-27-21-11-7-4-8-12-21;/h3-12H,2,13-19H2,1H3;1H. The number of hydrogen-bond acceptors (Lipinski definition) is 5. The predicted molar refractivity (Wildman–Crippen MR) is 116 cm³/mol. The quantitative estimate of drug-likeness (QED) is 0.573. The van der Waals surface area contributed by atoms with E-state index in [2.05, 4.69) is 11.8 Å². The Labute approximate surface area is 179 Å². The van der Waals surface area contributed by atoms with E-state index in [9.17, 15) is 4.79 Å². The molecule has 2 aromatic rings. The highest BCUT2D eigenvalue weighted by molar-refractivity contribution is 5.85. The molecule has 2 aromatic carbocycles. The van der Waals surface area contributed by atoms with Crippen LogP contribution in [0.2, 0.25) is 0 Å². The van der Waals surface area contributed by atoms with Crippen molar-refractivity contribution >= 4 is 18.4 Å². The summed E-state index contributed by atoms with van der Waals surface area (Å²) in [6.45, 7) is 6.18. The fourth-order valence-corrected chi connectivity index (χ4v) is 3.52. The number of ether oxygens (including phenoxy) is 3. The molecule has 1 heterocycles. The number of para-hydroxylation sites is 1. The maximum atomic E-state index is 12.6. The van der Waals surface area contributed by atoms with Gasteiger partial charge in [-0.15, -0.1) is 12.4 Å². The molecule has 0 N–H and O–H groups in total. The molecule has 1 aliphatic heterocycles. The first-order chi connectivity index (χ1) is 13.7. The van der Waals surface area contributed by atoms with Crippen molar-refractivity contribution in [1.29, 1.82) is 0 Å². The fraction of sp³-hybridized carbons (Fsp3) is 0.435. The summed E-state index contributed by atoms with van der Waals surface area (Å²) in [7, 11) is 0. The van der Waals surface area contributed by atoms with Crippen LogP contribution in [0.15, 0.2) is 60.7 Å². The lowest BCUT2D eigenvalue weighted by molar-refractivity contribution is -0.165. The first kappa shape index (κ1) is 23.2. The van der Waals surface area contributed by atoms with Crippen molar-refractivity contribution in [3.8, 4) is 5.75 Å². The van der Waals surface area contributed by atoms with Gasteiger partial charge in [-0.3, -0.25) is 4.90 Å². The highest BCUT2D eigenvalue weighted by Gasteiger charge is 2.35. The van der Waals surface area contributed by atoms with Crippen LogP contribution >= 0.6 is 12.4 Å². The molecule has 0 bridgehead atoms. The zero-order chi connectivity index (χ0) is 19.7. The number of hydrogen-bond donors (Lipinski definition) is 0. The van der Waals surface area contributed by atoms with E-state index in [0.717, 1.165) is 44.8 Å². The molecule has 29 heavy (non-hydrogen) atoms. The van der Waals surface area contributed by atoms with Gasteiger partial charge >= 0.3 is 5.97 Å². The van der Waals surface area contributed by atoms with Crippen LogP contribution in [-0.4, -0.2) is 50.3 Å². The van der Waals surface area contributed by atoms with Gasteiger partial charge in [-0.05, 0) is 24.1 Å². The van der Waals surface area contributed by atoms with E-state index in [1.807, 2.05) is 60.7 Å². The van der Waals surface area contributed by atoms with Gasteiger partial charge in [0.2, 0.25) is 0 Å². The lowest BCUT2D eigenvalue weighted by atomic mass is 9.87. The summed E-state index contributed by atoms with van der Waals surface area (Å²) in [5, 5.41) is 0. The zero-order valence-corrected chi connectivity index (χ0v) is 17.7. The zero-order valence-electron chi connectivity index (χ0n) is 16.9. The lowest BCUT2D eigenvalue weighted by Gasteiger charge is -2.36. The highest BCUT2D eigenvalue weighted by atomic mass is 35.5. The van der Waals surface area contributed by atoms with Crippen molar-refractivity contribution in [2.24, 2.45) is 0 Å². The van der Waals surface area contributed by atoms with Crippen molar-refractivity contribution in [1.82, 2.24) is 4.90 Å². The summed E-state index contributed by atoms with van der Waals surface area (Å²) in [5.41, 5.74) is 0.371. The Morgan fingerprint density at radius 2 is 1.66 bits per heavy atom. The van der Waals surface area contributed by atoms with Crippen molar-refractivity contribution < 1.29 is 19.0 Å². The third-order valence-corrected chi connectivity index (χ3v) is 5.22. The molecule has 0 amide bonds. The van der Waals surface area contributed by atoms with Gasteiger partial charge in [0.1, 0.15) is 11.4 Å². The Morgan fingerprint density at radius 3 is 2.28 bits per heavy atom. The maximum absolute atomic E-state index is 12.6. The first-order valence-corrected chi connectivity index (χ1v) is 9.97. The molecule has 1 aliphatic rings. The van der Waals surface area contributed by atoms with Gasteiger partial charge in [0.05, 0.1) is 13.2 Å². The van der Waals surface area contributed by atoms with Gasteiger partial charge in [0, 0.05) is 26.1 Å². The van der Waals surface area contributed by atoms with Gasteiger partial charge in [-0.2, -0.15) is 0 Å². The van der Waals surface area contributed by atoms with E-state index >= 15 is 0 Å². The van der Waals surface area contributed by atoms with Crippen LogP contribution in [-0.2, 0) is 19.9 Å². The summed E-state index contributed by atoms with van der Waals surface area (Å²) in [4.78, 5) is 15.0. The molecule has 0 radical (unpaired) electrons. The van der Waals surface area contributed by atoms with Crippen LogP contribution in [0.5, 0.6) is 5.75 Å². The normalized spacial score (nSPS) is 16.3. The Kier molecular flexibility index (Phi) is 9.45. The lowest BCUT2D eigenvalue weighted by Crippen LogP contribution is -2.41. The Balaban J connectivity index is 0.00000300. The van der Waals surface area contributed by atoms with Gasteiger partial charge < -0.3 is 14.2 Å². The number of halogens is 1. The SMILES string of the molecule is CCC(CCN1CCOCC1)(OC(=O)COc1ccccc1)c1ccccc1.Cl. The molecule has 1 fully saturated rings. The van der Waals surface area contributed by atoms with E-state index in [1.165, 1.54) is 0 Å². The van der Waals surface area contributed by atoms with E-state index in [4.69, 9.17) is 14.2 Å².